The second-order valence-electron chi connectivity index (χ2n) is 6.99. The number of esters is 1. The van der Waals surface area contributed by atoms with Gasteiger partial charge in [-0.3, -0.25) is 4.79 Å². The van der Waals surface area contributed by atoms with Crippen molar-refractivity contribution in [3.63, 3.8) is 0 Å². The lowest BCUT2D eigenvalue weighted by Gasteiger charge is -2.14. The molecule has 4 aromatic rings. The van der Waals surface area contributed by atoms with E-state index in [-0.39, 0.29) is 22.3 Å². The van der Waals surface area contributed by atoms with E-state index in [0.717, 1.165) is 6.07 Å². The van der Waals surface area contributed by atoms with Crippen LogP contribution in [0.3, 0.4) is 0 Å². The van der Waals surface area contributed by atoms with Crippen molar-refractivity contribution in [1.29, 1.82) is 0 Å². The molecule has 0 saturated heterocycles. The molecule has 0 aliphatic rings. The third-order valence-corrected chi connectivity index (χ3v) is 5.73. The Kier molecular flexibility index (Phi) is 6.32. The number of carbonyl (C=O) groups excluding carboxylic acids is 1. The fourth-order valence-corrected chi connectivity index (χ4v) is 3.70. The predicted molar refractivity (Wildman–Crippen MR) is 121 cm³/mol. The van der Waals surface area contributed by atoms with Gasteiger partial charge in [0.05, 0.1) is 10.9 Å². The minimum absolute atomic E-state index is 0.0597. The molecule has 0 aliphatic carbocycles. The van der Waals surface area contributed by atoms with E-state index < -0.39 is 34.3 Å². The van der Waals surface area contributed by atoms with E-state index in [1.165, 1.54) is 36.4 Å². The highest BCUT2D eigenvalue weighted by atomic mass is 79.9. The molecule has 168 valence electrons. The zero-order chi connectivity index (χ0) is 23.8. The number of rotatable bonds is 4. The van der Waals surface area contributed by atoms with Crippen molar-refractivity contribution in [2.24, 2.45) is 0 Å². The molecule has 3 aromatic carbocycles. The lowest BCUT2D eigenvalue weighted by atomic mass is 10.0. The molecule has 4 nitrogen and oxygen atoms in total. The highest BCUT2D eigenvalue weighted by molar-refractivity contribution is 9.10. The molecule has 0 saturated carbocycles. The van der Waals surface area contributed by atoms with Crippen molar-refractivity contribution in [3.05, 3.63) is 98.8 Å². The van der Waals surface area contributed by atoms with Crippen LogP contribution in [0.4, 0.5) is 13.2 Å². The fraction of sp³-hybridized carbons (Fsp3) is 0.0833. The summed E-state index contributed by atoms with van der Waals surface area (Å²) in [6, 6.07) is 17.9. The highest BCUT2D eigenvalue weighted by Crippen LogP contribution is 2.38. The van der Waals surface area contributed by atoms with Crippen LogP contribution < -0.4 is 10.2 Å². The molecule has 0 amide bonds. The first-order chi connectivity index (χ1) is 15.6. The Morgan fingerprint density at radius 2 is 1.67 bits per heavy atom. The van der Waals surface area contributed by atoms with Crippen LogP contribution in [0, 0.1) is 0 Å². The van der Waals surface area contributed by atoms with Gasteiger partial charge < -0.3 is 9.15 Å². The standard InChI is InChI=1S/C24H13BrClF3O4/c25-15-8-6-13(7-9-15)19-21(30)17-11-10-16(12-18(17)33-22(19)24(27,28)29)32-23(31)20(26)14-4-2-1-3-5-14/h1-12,20H. The SMILES string of the molecule is O=C(Oc1ccc2c(=O)c(-c3ccc(Br)cc3)c(C(F)(F)F)oc2c1)C(Cl)c1ccccc1. The van der Waals surface area contributed by atoms with E-state index in [0.29, 0.717) is 10.0 Å². The minimum Gasteiger partial charge on any atom is -0.450 e. The summed E-state index contributed by atoms with van der Waals surface area (Å²) >= 11 is 9.35. The van der Waals surface area contributed by atoms with Gasteiger partial charge in [0, 0.05) is 10.5 Å². The van der Waals surface area contributed by atoms with Gasteiger partial charge in [0.25, 0.3) is 0 Å². The Morgan fingerprint density at radius 3 is 2.30 bits per heavy atom. The lowest BCUT2D eigenvalue weighted by Crippen LogP contribution is -2.17. The number of halogens is 5. The maximum atomic E-state index is 13.8. The first kappa shape index (κ1) is 23.1. The summed E-state index contributed by atoms with van der Waals surface area (Å²) in [6.07, 6.45) is -4.93. The van der Waals surface area contributed by atoms with Crippen LogP contribution in [0.15, 0.2) is 86.5 Å². The van der Waals surface area contributed by atoms with Gasteiger partial charge in [0.1, 0.15) is 11.3 Å². The second kappa shape index (κ2) is 9.03. The Morgan fingerprint density at radius 1 is 1.00 bits per heavy atom. The van der Waals surface area contributed by atoms with E-state index in [4.69, 9.17) is 20.8 Å². The van der Waals surface area contributed by atoms with E-state index in [1.54, 1.807) is 30.3 Å². The zero-order valence-corrected chi connectivity index (χ0v) is 18.9. The fourth-order valence-electron chi connectivity index (χ4n) is 3.24. The summed E-state index contributed by atoms with van der Waals surface area (Å²) < 4.78 is 52.3. The monoisotopic (exact) mass is 536 g/mol. The topological polar surface area (TPSA) is 56.5 Å². The molecular formula is C24H13BrClF3O4. The van der Waals surface area contributed by atoms with Crippen LogP contribution in [0.1, 0.15) is 16.7 Å². The molecule has 1 heterocycles. The maximum absolute atomic E-state index is 13.8. The predicted octanol–water partition coefficient (Wildman–Crippen LogP) is 7.13. The number of ether oxygens (including phenoxy) is 1. The van der Waals surface area contributed by atoms with Crippen LogP contribution >= 0.6 is 27.5 Å². The van der Waals surface area contributed by atoms with Crippen molar-refractivity contribution in [1.82, 2.24) is 0 Å². The van der Waals surface area contributed by atoms with Crippen molar-refractivity contribution in [3.8, 4) is 16.9 Å². The van der Waals surface area contributed by atoms with Crippen LogP contribution in [-0.2, 0) is 11.0 Å². The van der Waals surface area contributed by atoms with Crippen LogP contribution in [0.5, 0.6) is 5.75 Å². The van der Waals surface area contributed by atoms with Gasteiger partial charge in [-0.15, -0.1) is 11.6 Å². The van der Waals surface area contributed by atoms with Crippen molar-refractivity contribution in [2.45, 2.75) is 11.6 Å². The number of carbonyl (C=O) groups is 1. The molecule has 9 heteroatoms. The lowest BCUT2D eigenvalue weighted by molar-refractivity contribution is -0.152. The summed E-state index contributed by atoms with van der Waals surface area (Å²) in [7, 11) is 0. The molecule has 33 heavy (non-hydrogen) atoms. The van der Waals surface area contributed by atoms with E-state index in [2.05, 4.69) is 15.9 Å². The summed E-state index contributed by atoms with van der Waals surface area (Å²) in [5.41, 5.74) is -1.27. The average Bonchev–Trinajstić information content (AvgIpc) is 2.79. The van der Waals surface area contributed by atoms with Gasteiger partial charge >= 0.3 is 12.1 Å². The quantitative estimate of drug-likeness (QED) is 0.158. The molecule has 0 bridgehead atoms. The Bertz CT molecular complexity index is 1380. The Hall–Kier alpha value is -3.10. The number of fused-ring (bicyclic) bond motifs is 1. The molecular weight excluding hydrogens is 525 g/mol. The van der Waals surface area contributed by atoms with E-state index in [1.807, 2.05) is 0 Å². The summed E-state index contributed by atoms with van der Waals surface area (Å²) in [5.74, 6) is -2.38. The molecule has 1 aromatic heterocycles. The van der Waals surface area contributed by atoms with E-state index >= 15 is 0 Å². The smallest absolute Gasteiger partial charge is 0.450 e. The third-order valence-electron chi connectivity index (χ3n) is 4.77. The number of alkyl halides is 4. The number of benzene rings is 3. The zero-order valence-electron chi connectivity index (χ0n) is 16.5. The van der Waals surface area contributed by atoms with Gasteiger partial charge in [-0.05, 0) is 35.4 Å². The first-order valence-electron chi connectivity index (χ1n) is 9.50. The van der Waals surface area contributed by atoms with Crippen molar-refractivity contribution < 1.29 is 27.1 Å². The minimum atomic E-state index is -4.93. The molecule has 0 N–H and O–H groups in total. The summed E-state index contributed by atoms with van der Waals surface area (Å²) in [5, 5.41) is -1.22. The molecule has 0 spiro atoms. The molecule has 1 atom stereocenters. The van der Waals surface area contributed by atoms with Crippen molar-refractivity contribution in [2.75, 3.05) is 0 Å². The molecule has 0 radical (unpaired) electrons. The van der Waals surface area contributed by atoms with E-state index in [9.17, 15) is 22.8 Å². The van der Waals surface area contributed by atoms with Gasteiger partial charge in [0.2, 0.25) is 11.2 Å². The van der Waals surface area contributed by atoms with Crippen LogP contribution in [0.2, 0.25) is 0 Å². The summed E-state index contributed by atoms with van der Waals surface area (Å²) in [6.45, 7) is 0. The first-order valence-corrected chi connectivity index (χ1v) is 10.7. The maximum Gasteiger partial charge on any atom is 0.450 e. The van der Waals surface area contributed by atoms with Crippen LogP contribution in [-0.4, -0.2) is 5.97 Å². The van der Waals surface area contributed by atoms with Gasteiger partial charge in [-0.25, -0.2) is 4.79 Å². The van der Waals surface area contributed by atoms with Gasteiger partial charge in [0.15, 0.2) is 5.38 Å². The number of hydrogen-bond acceptors (Lipinski definition) is 4. The van der Waals surface area contributed by atoms with Crippen LogP contribution in [0.25, 0.3) is 22.1 Å². The summed E-state index contributed by atoms with van der Waals surface area (Å²) in [4.78, 5) is 25.4. The molecule has 1 unspecified atom stereocenters. The molecule has 4 rings (SSSR count). The molecule has 0 aliphatic heterocycles. The Balaban J connectivity index is 1.77. The normalized spacial score (nSPS) is 12.5. The molecule has 0 fully saturated rings. The largest absolute Gasteiger partial charge is 0.450 e. The second-order valence-corrected chi connectivity index (χ2v) is 8.34. The average molecular weight is 538 g/mol. The van der Waals surface area contributed by atoms with Crippen molar-refractivity contribution >= 4 is 44.5 Å². The highest BCUT2D eigenvalue weighted by Gasteiger charge is 2.39. The van der Waals surface area contributed by atoms with Gasteiger partial charge in [-0.2, -0.15) is 13.2 Å². The third kappa shape index (κ3) is 4.82. The number of hydrogen-bond donors (Lipinski definition) is 0. The van der Waals surface area contributed by atoms with Gasteiger partial charge in [-0.1, -0.05) is 58.4 Å². The Labute approximate surface area is 198 Å².